The molecule has 4 aromatic rings. The van der Waals surface area contributed by atoms with E-state index in [9.17, 15) is 14.3 Å². The predicted octanol–water partition coefficient (Wildman–Crippen LogP) is 4.48. The van der Waals surface area contributed by atoms with Gasteiger partial charge in [-0.05, 0) is 49.6 Å². The Bertz CT molecular complexity index is 1550. The molecule has 0 unspecified atom stereocenters. The van der Waals surface area contributed by atoms with E-state index in [-0.39, 0.29) is 34.4 Å². The van der Waals surface area contributed by atoms with E-state index in [1.165, 1.54) is 22.8 Å². The maximum atomic E-state index is 15.6. The van der Waals surface area contributed by atoms with Crippen molar-refractivity contribution in [2.24, 2.45) is 0 Å². The summed E-state index contributed by atoms with van der Waals surface area (Å²) < 4.78 is 37.3. The van der Waals surface area contributed by atoms with Gasteiger partial charge in [-0.3, -0.25) is 4.98 Å². The van der Waals surface area contributed by atoms with Crippen molar-refractivity contribution in [2.45, 2.75) is 39.7 Å². The lowest BCUT2D eigenvalue weighted by Crippen LogP contribution is -2.45. The van der Waals surface area contributed by atoms with E-state index in [0.29, 0.717) is 31.1 Å². The van der Waals surface area contributed by atoms with E-state index >= 15 is 4.39 Å². The number of anilines is 1. The molecule has 1 aromatic carbocycles. The molecule has 4 heterocycles. The molecule has 0 bridgehead atoms. The van der Waals surface area contributed by atoms with Crippen LogP contribution < -0.4 is 10.6 Å². The van der Waals surface area contributed by atoms with Gasteiger partial charge in [-0.15, -0.1) is 0 Å². The number of morpholine rings is 1. The normalized spacial score (nSPS) is 16.1. The van der Waals surface area contributed by atoms with Crippen LogP contribution in [0.3, 0.4) is 0 Å². The lowest BCUT2D eigenvalue weighted by Gasteiger charge is -2.35. The predicted molar refractivity (Wildman–Crippen MR) is 136 cm³/mol. The summed E-state index contributed by atoms with van der Waals surface area (Å²) >= 11 is 0. The van der Waals surface area contributed by atoms with Gasteiger partial charge in [0.15, 0.2) is 11.5 Å². The molecule has 1 aliphatic heterocycles. The standard InChI is InChI=1S/C27H27F2N5O3/c1-14(2)22-24(15(3)8-9-30-22)34-26-17(25(32-27(34)36)33-10-11-37-13-16(33)4)12-19(29)23(31-26)21-18(28)6-5-7-20(21)35/h5-9,12,14,16,35H,10-11,13H2,1-4H3/t16-/m0/s1. The van der Waals surface area contributed by atoms with Crippen LogP contribution in [-0.2, 0) is 4.74 Å². The average Bonchev–Trinajstić information content (AvgIpc) is 2.85. The van der Waals surface area contributed by atoms with Gasteiger partial charge in [0.2, 0.25) is 0 Å². The smallest absolute Gasteiger partial charge is 0.355 e. The number of aromatic nitrogens is 4. The van der Waals surface area contributed by atoms with Gasteiger partial charge in [-0.2, -0.15) is 4.98 Å². The fourth-order valence-electron chi connectivity index (χ4n) is 4.78. The van der Waals surface area contributed by atoms with Gasteiger partial charge in [-0.25, -0.2) is 23.1 Å². The third-order valence-corrected chi connectivity index (χ3v) is 6.59. The van der Waals surface area contributed by atoms with Gasteiger partial charge < -0.3 is 14.7 Å². The highest BCUT2D eigenvalue weighted by Gasteiger charge is 2.28. The van der Waals surface area contributed by atoms with Crippen LogP contribution in [0.2, 0.25) is 0 Å². The monoisotopic (exact) mass is 507 g/mol. The van der Waals surface area contributed by atoms with Crippen LogP contribution >= 0.6 is 0 Å². The highest BCUT2D eigenvalue weighted by atomic mass is 19.1. The molecule has 1 N–H and O–H groups in total. The Labute approximate surface area is 212 Å². The summed E-state index contributed by atoms with van der Waals surface area (Å²) in [5.41, 5.74) is 0.552. The Morgan fingerprint density at radius 1 is 1.16 bits per heavy atom. The molecule has 37 heavy (non-hydrogen) atoms. The fourth-order valence-corrected chi connectivity index (χ4v) is 4.78. The second-order valence-corrected chi connectivity index (χ2v) is 9.51. The summed E-state index contributed by atoms with van der Waals surface area (Å²) in [6.07, 6.45) is 1.66. The van der Waals surface area contributed by atoms with Gasteiger partial charge in [-0.1, -0.05) is 19.9 Å². The molecule has 5 rings (SSSR count). The first-order valence-electron chi connectivity index (χ1n) is 12.1. The first-order valence-corrected chi connectivity index (χ1v) is 12.1. The number of halogens is 2. The maximum absolute atomic E-state index is 15.6. The maximum Gasteiger partial charge on any atom is 0.355 e. The SMILES string of the molecule is Cc1ccnc(C(C)C)c1-n1c(=O)nc(N2CCOC[C@@H]2C)c2cc(F)c(-c3c(O)cccc3F)nc21. The van der Waals surface area contributed by atoms with Gasteiger partial charge in [0.1, 0.15) is 23.1 Å². The Hall–Kier alpha value is -3.92. The molecule has 0 aliphatic carbocycles. The van der Waals surface area contributed by atoms with Crippen LogP contribution in [0, 0.1) is 18.6 Å². The highest BCUT2D eigenvalue weighted by molar-refractivity contribution is 5.91. The number of hydrogen-bond donors (Lipinski definition) is 1. The van der Waals surface area contributed by atoms with Crippen molar-refractivity contribution in [1.29, 1.82) is 0 Å². The minimum Gasteiger partial charge on any atom is -0.507 e. The number of pyridine rings is 2. The largest absolute Gasteiger partial charge is 0.507 e. The second kappa shape index (κ2) is 9.51. The molecule has 10 heteroatoms. The molecule has 1 aliphatic rings. The van der Waals surface area contributed by atoms with Crippen molar-refractivity contribution in [1.82, 2.24) is 19.5 Å². The molecule has 0 amide bonds. The minimum absolute atomic E-state index is 0.0497. The number of hydrogen-bond acceptors (Lipinski definition) is 7. The second-order valence-electron chi connectivity index (χ2n) is 9.51. The van der Waals surface area contributed by atoms with E-state index in [1.54, 1.807) is 12.3 Å². The van der Waals surface area contributed by atoms with E-state index in [4.69, 9.17) is 4.74 Å². The number of aromatic hydroxyl groups is 1. The van der Waals surface area contributed by atoms with Gasteiger partial charge in [0, 0.05) is 12.7 Å². The lowest BCUT2D eigenvalue weighted by atomic mass is 10.0. The lowest BCUT2D eigenvalue weighted by molar-refractivity contribution is 0.0986. The summed E-state index contributed by atoms with van der Waals surface area (Å²) in [4.78, 5) is 29.0. The summed E-state index contributed by atoms with van der Waals surface area (Å²) in [5, 5.41) is 10.7. The zero-order chi connectivity index (χ0) is 26.4. The molecule has 0 saturated carbocycles. The third-order valence-electron chi connectivity index (χ3n) is 6.59. The molecule has 1 atom stereocenters. The van der Waals surface area contributed by atoms with Crippen molar-refractivity contribution in [3.63, 3.8) is 0 Å². The Morgan fingerprint density at radius 3 is 2.65 bits per heavy atom. The van der Waals surface area contributed by atoms with Crippen LogP contribution in [0.15, 0.2) is 41.3 Å². The average molecular weight is 508 g/mol. The highest BCUT2D eigenvalue weighted by Crippen LogP contribution is 2.36. The Morgan fingerprint density at radius 2 is 1.95 bits per heavy atom. The number of ether oxygens (including phenoxy) is 1. The number of rotatable bonds is 4. The number of nitrogens with zero attached hydrogens (tertiary/aromatic N) is 5. The molecular formula is C27H27F2N5O3. The number of fused-ring (bicyclic) bond motifs is 1. The van der Waals surface area contributed by atoms with Gasteiger partial charge in [0.05, 0.1) is 41.6 Å². The summed E-state index contributed by atoms with van der Waals surface area (Å²) in [6.45, 7) is 8.96. The molecular weight excluding hydrogens is 480 g/mol. The van der Waals surface area contributed by atoms with Crippen molar-refractivity contribution in [3.05, 3.63) is 69.9 Å². The fraction of sp³-hybridized carbons (Fsp3) is 0.333. The summed E-state index contributed by atoms with van der Waals surface area (Å²) in [5.74, 6) is -1.93. The Kier molecular flexibility index (Phi) is 6.36. The molecule has 3 aromatic heterocycles. The van der Waals surface area contributed by atoms with Crippen molar-refractivity contribution in [2.75, 3.05) is 24.7 Å². The van der Waals surface area contributed by atoms with Crippen LogP contribution in [0.4, 0.5) is 14.6 Å². The van der Waals surface area contributed by atoms with E-state index in [1.807, 2.05) is 32.6 Å². The van der Waals surface area contributed by atoms with Crippen molar-refractivity contribution >= 4 is 16.9 Å². The quantitative estimate of drug-likeness (QED) is 0.435. The van der Waals surface area contributed by atoms with E-state index in [0.717, 1.165) is 11.6 Å². The molecule has 192 valence electrons. The van der Waals surface area contributed by atoms with Crippen LogP contribution in [0.1, 0.15) is 37.9 Å². The minimum atomic E-state index is -0.853. The van der Waals surface area contributed by atoms with Crippen LogP contribution in [-0.4, -0.2) is 50.4 Å². The van der Waals surface area contributed by atoms with Crippen molar-refractivity contribution in [3.8, 4) is 22.7 Å². The van der Waals surface area contributed by atoms with E-state index in [2.05, 4.69) is 15.0 Å². The third kappa shape index (κ3) is 4.21. The number of benzene rings is 1. The molecule has 0 radical (unpaired) electrons. The van der Waals surface area contributed by atoms with Crippen molar-refractivity contribution < 1.29 is 18.6 Å². The molecule has 1 fully saturated rings. The molecule has 1 saturated heterocycles. The topological polar surface area (TPSA) is 93.4 Å². The number of phenolic OH excluding ortho intramolecular Hbond substituents is 1. The number of phenols is 1. The van der Waals surface area contributed by atoms with Gasteiger partial charge >= 0.3 is 5.69 Å². The zero-order valence-electron chi connectivity index (χ0n) is 21.0. The zero-order valence-corrected chi connectivity index (χ0v) is 21.0. The van der Waals surface area contributed by atoms with Crippen LogP contribution in [0.5, 0.6) is 5.75 Å². The summed E-state index contributed by atoms with van der Waals surface area (Å²) in [7, 11) is 0. The Balaban J connectivity index is 1.92. The number of aryl methyl sites for hydroxylation is 1. The van der Waals surface area contributed by atoms with E-state index < -0.39 is 28.8 Å². The first-order chi connectivity index (χ1) is 17.7. The first kappa shape index (κ1) is 24.8. The molecule has 0 spiro atoms. The molecule has 8 nitrogen and oxygen atoms in total. The summed E-state index contributed by atoms with van der Waals surface area (Å²) in [6, 6.07) is 6.54. The van der Waals surface area contributed by atoms with Crippen LogP contribution in [0.25, 0.3) is 28.0 Å². The van der Waals surface area contributed by atoms with Gasteiger partial charge in [0.25, 0.3) is 0 Å².